The van der Waals surface area contributed by atoms with E-state index in [9.17, 15) is 14.0 Å². The molecule has 128 valence electrons. The number of benzene rings is 1. The van der Waals surface area contributed by atoms with E-state index < -0.39 is 11.5 Å². The largest absolute Gasteiger partial charge is 0.373 e. The maximum absolute atomic E-state index is 14.1. The molecule has 1 aromatic carbocycles. The number of hydrogen-bond acceptors (Lipinski definition) is 4. The molecular weight excluding hydrogens is 311 g/mol. The van der Waals surface area contributed by atoms with Gasteiger partial charge in [-0.2, -0.15) is 0 Å². The standard InChI is InChI=1S/C17H21FN4O2/c1-5-22(4)14-7-6-12(8-13(14)18)9-19-16(23)15-17(24)21-11(3)10(2)20-15/h6-8H,5,9H2,1-4H3,(H,19,23)(H,21,24). The lowest BCUT2D eigenvalue weighted by Gasteiger charge is -2.18. The van der Waals surface area contributed by atoms with Gasteiger partial charge in [-0.25, -0.2) is 9.37 Å². The number of amides is 1. The number of H-pyrrole nitrogens is 1. The van der Waals surface area contributed by atoms with Crippen molar-refractivity contribution in [2.24, 2.45) is 0 Å². The van der Waals surface area contributed by atoms with Crippen LogP contribution in [0.1, 0.15) is 34.4 Å². The van der Waals surface area contributed by atoms with Crippen LogP contribution in [0.15, 0.2) is 23.0 Å². The minimum atomic E-state index is -0.588. The molecule has 1 amide bonds. The molecule has 0 aliphatic carbocycles. The number of aryl methyl sites for hydroxylation is 2. The fraction of sp³-hybridized carbons (Fsp3) is 0.353. The number of nitrogens with zero attached hydrogens (tertiary/aromatic N) is 2. The van der Waals surface area contributed by atoms with E-state index >= 15 is 0 Å². The Hall–Kier alpha value is -2.70. The van der Waals surface area contributed by atoms with Crippen LogP contribution in [0.2, 0.25) is 0 Å². The zero-order valence-corrected chi connectivity index (χ0v) is 14.2. The van der Waals surface area contributed by atoms with Gasteiger partial charge in [0, 0.05) is 25.8 Å². The van der Waals surface area contributed by atoms with Gasteiger partial charge in [-0.1, -0.05) is 6.07 Å². The van der Waals surface area contributed by atoms with E-state index in [4.69, 9.17) is 0 Å². The number of anilines is 1. The first-order valence-electron chi connectivity index (χ1n) is 7.68. The number of hydrogen-bond donors (Lipinski definition) is 2. The monoisotopic (exact) mass is 332 g/mol. The highest BCUT2D eigenvalue weighted by atomic mass is 19.1. The van der Waals surface area contributed by atoms with Gasteiger partial charge in [0.15, 0.2) is 5.69 Å². The van der Waals surface area contributed by atoms with E-state index in [1.54, 1.807) is 37.9 Å². The second-order valence-corrected chi connectivity index (χ2v) is 5.61. The van der Waals surface area contributed by atoms with E-state index in [0.717, 1.165) is 0 Å². The average Bonchev–Trinajstić information content (AvgIpc) is 2.55. The van der Waals surface area contributed by atoms with Crippen molar-refractivity contribution < 1.29 is 9.18 Å². The van der Waals surface area contributed by atoms with Crippen molar-refractivity contribution in [3.63, 3.8) is 0 Å². The molecule has 0 aliphatic heterocycles. The Morgan fingerprint density at radius 2 is 2.08 bits per heavy atom. The summed E-state index contributed by atoms with van der Waals surface area (Å²) in [5, 5.41) is 2.59. The van der Waals surface area contributed by atoms with Gasteiger partial charge in [0.05, 0.1) is 11.4 Å². The second kappa shape index (κ2) is 7.25. The van der Waals surface area contributed by atoms with Crippen molar-refractivity contribution in [3.8, 4) is 0 Å². The third kappa shape index (κ3) is 3.79. The Morgan fingerprint density at radius 1 is 1.38 bits per heavy atom. The fourth-order valence-corrected chi connectivity index (χ4v) is 2.18. The Morgan fingerprint density at radius 3 is 2.71 bits per heavy atom. The molecule has 7 heteroatoms. The molecule has 1 heterocycles. The van der Waals surface area contributed by atoms with Crippen molar-refractivity contribution in [1.82, 2.24) is 15.3 Å². The second-order valence-electron chi connectivity index (χ2n) is 5.61. The molecule has 0 saturated heterocycles. The number of rotatable bonds is 5. The lowest BCUT2D eigenvalue weighted by atomic mass is 10.2. The van der Waals surface area contributed by atoms with Crippen LogP contribution in [0.25, 0.3) is 0 Å². The maximum Gasteiger partial charge on any atom is 0.279 e. The van der Waals surface area contributed by atoms with E-state index in [2.05, 4.69) is 15.3 Å². The lowest BCUT2D eigenvalue weighted by molar-refractivity contribution is 0.0944. The molecule has 24 heavy (non-hydrogen) atoms. The molecule has 2 rings (SSSR count). The summed E-state index contributed by atoms with van der Waals surface area (Å²) in [5.74, 6) is -0.942. The average molecular weight is 332 g/mol. The lowest BCUT2D eigenvalue weighted by Crippen LogP contribution is -2.31. The summed E-state index contributed by atoms with van der Waals surface area (Å²) < 4.78 is 14.1. The third-order valence-corrected chi connectivity index (χ3v) is 3.90. The molecule has 1 aromatic heterocycles. The normalized spacial score (nSPS) is 10.5. The summed E-state index contributed by atoms with van der Waals surface area (Å²) in [6.45, 7) is 6.15. The Labute approximate surface area is 139 Å². The zero-order valence-electron chi connectivity index (χ0n) is 14.2. The maximum atomic E-state index is 14.1. The summed E-state index contributed by atoms with van der Waals surface area (Å²) >= 11 is 0. The van der Waals surface area contributed by atoms with Gasteiger partial charge in [-0.15, -0.1) is 0 Å². The van der Waals surface area contributed by atoms with E-state index in [-0.39, 0.29) is 18.1 Å². The van der Waals surface area contributed by atoms with Crippen molar-refractivity contribution in [2.45, 2.75) is 27.3 Å². The van der Waals surface area contributed by atoms with Crippen LogP contribution in [0, 0.1) is 19.7 Å². The van der Waals surface area contributed by atoms with Crippen molar-refractivity contribution in [1.29, 1.82) is 0 Å². The molecule has 0 spiro atoms. The molecule has 6 nitrogen and oxygen atoms in total. The summed E-state index contributed by atoms with van der Waals surface area (Å²) in [4.78, 5) is 32.3. The number of nitrogens with one attached hydrogen (secondary N) is 2. The number of aromatic nitrogens is 2. The first-order valence-corrected chi connectivity index (χ1v) is 7.68. The smallest absolute Gasteiger partial charge is 0.279 e. The Kier molecular flexibility index (Phi) is 5.33. The van der Waals surface area contributed by atoms with Gasteiger partial charge in [0.25, 0.3) is 11.5 Å². The number of carbonyl (C=O) groups is 1. The molecule has 0 fully saturated rings. The van der Waals surface area contributed by atoms with E-state index in [0.29, 0.717) is 29.2 Å². The van der Waals surface area contributed by atoms with Crippen LogP contribution in [-0.2, 0) is 6.54 Å². The van der Waals surface area contributed by atoms with Gasteiger partial charge >= 0.3 is 0 Å². The Bertz CT molecular complexity index is 817. The van der Waals surface area contributed by atoms with E-state index in [1.165, 1.54) is 6.07 Å². The molecular formula is C17H21FN4O2. The zero-order chi connectivity index (χ0) is 17.9. The molecule has 2 aromatic rings. The molecule has 0 aliphatic rings. The quantitative estimate of drug-likeness (QED) is 0.877. The van der Waals surface area contributed by atoms with Crippen LogP contribution in [-0.4, -0.2) is 29.5 Å². The number of aromatic amines is 1. The highest BCUT2D eigenvalue weighted by Gasteiger charge is 2.14. The minimum absolute atomic E-state index is 0.111. The molecule has 0 unspecified atom stereocenters. The summed E-state index contributed by atoms with van der Waals surface area (Å²) in [5.41, 5.74) is 1.57. The van der Waals surface area contributed by atoms with Crippen molar-refractivity contribution >= 4 is 11.6 Å². The summed E-state index contributed by atoms with van der Waals surface area (Å²) in [6, 6.07) is 4.78. The fourth-order valence-electron chi connectivity index (χ4n) is 2.18. The first kappa shape index (κ1) is 17.7. The summed E-state index contributed by atoms with van der Waals surface area (Å²) in [7, 11) is 1.80. The van der Waals surface area contributed by atoms with Crippen LogP contribution >= 0.6 is 0 Å². The van der Waals surface area contributed by atoms with Gasteiger partial charge in [-0.3, -0.25) is 9.59 Å². The summed E-state index contributed by atoms with van der Waals surface area (Å²) in [6.07, 6.45) is 0. The molecule has 2 N–H and O–H groups in total. The topological polar surface area (TPSA) is 78.1 Å². The van der Waals surface area contributed by atoms with Crippen molar-refractivity contribution in [2.75, 3.05) is 18.5 Å². The molecule has 0 bridgehead atoms. The molecule has 0 saturated carbocycles. The Balaban J connectivity index is 2.11. The van der Waals surface area contributed by atoms with Crippen molar-refractivity contribution in [3.05, 3.63) is 57.0 Å². The van der Waals surface area contributed by atoms with Gasteiger partial charge in [0.2, 0.25) is 0 Å². The van der Waals surface area contributed by atoms with Gasteiger partial charge in [-0.05, 0) is 38.5 Å². The number of halogens is 1. The van der Waals surface area contributed by atoms with Gasteiger partial charge in [0.1, 0.15) is 5.82 Å². The SMILES string of the molecule is CCN(C)c1ccc(CNC(=O)c2nc(C)c(C)[nH]c2=O)cc1F. The first-order chi connectivity index (χ1) is 11.3. The van der Waals surface area contributed by atoms with Crippen LogP contribution in [0.4, 0.5) is 10.1 Å². The predicted octanol–water partition coefficient (Wildman–Crippen LogP) is 1.91. The number of carbonyl (C=O) groups excluding carboxylic acids is 1. The van der Waals surface area contributed by atoms with Gasteiger partial charge < -0.3 is 15.2 Å². The highest BCUT2D eigenvalue weighted by Crippen LogP contribution is 2.19. The molecule has 0 atom stereocenters. The van der Waals surface area contributed by atoms with Crippen LogP contribution in [0.3, 0.4) is 0 Å². The minimum Gasteiger partial charge on any atom is -0.373 e. The van der Waals surface area contributed by atoms with Crippen LogP contribution in [0.5, 0.6) is 0 Å². The highest BCUT2D eigenvalue weighted by molar-refractivity contribution is 5.91. The van der Waals surface area contributed by atoms with E-state index in [1.807, 2.05) is 6.92 Å². The van der Waals surface area contributed by atoms with Crippen LogP contribution < -0.4 is 15.8 Å². The molecule has 0 radical (unpaired) electrons. The third-order valence-electron chi connectivity index (χ3n) is 3.90. The predicted molar refractivity (Wildman–Crippen MR) is 90.8 cm³/mol.